The van der Waals surface area contributed by atoms with Crippen molar-refractivity contribution in [3.05, 3.63) is 51.7 Å². The lowest BCUT2D eigenvalue weighted by molar-refractivity contribution is 0.0921. The fourth-order valence-corrected chi connectivity index (χ4v) is 4.87. The van der Waals surface area contributed by atoms with E-state index in [9.17, 15) is 9.59 Å². The number of nitrogens with zero attached hydrogens (tertiary/aromatic N) is 3. The van der Waals surface area contributed by atoms with E-state index in [1.165, 1.54) is 0 Å². The van der Waals surface area contributed by atoms with Crippen molar-refractivity contribution in [1.29, 1.82) is 0 Å². The van der Waals surface area contributed by atoms with Gasteiger partial charge in [0.15, 0.2) is 0 Å². The molecule has 0 unspecified atom stereocenters. The van der Waals surface area contributed by atoms with Crippen LogP contribution in [0.4, 0.5) is 0 Å². The van der Waals surface area contributed by atoms with E-state index in [-0.39, 0.29) is 29.9 Å². The topological polar surface area (TPSA) is 81.0 Å². The summed E-state index contributed by atoms with van der Waals surface area (Å²) >= 11 is 0. The number of piperidine rings is 1. The third-order valence-electron chi connectivity index (χ3n) is 6.15. The van der Waals surface area contributed by atoms with Crippen LogP contribution in [-0.4, -0.2) is 39.9 Å². The highest BCUT2D eigenvalue weighted by Crippen LogP contribution is 2.38. The minimum Gasteiger partial charge on any atom is -0.349 e. The highest BCUT2D eigenvalue weighted by Gasteiger charge is 2.37. The maximum atomic E-state index is 13.0. The van der Waals surface area contributed by atoms with Crippen molar-refractivity contribution in [2.45, 2.75) is 52.1 Å². The van der Waals surface area contributed by atoms with E-state index in [4.69, 9.17) is 0 Å². The average Bonchev–Trinajstić information content (AvgIpc) is 3.10. The minimum absolute atomic E-state index is 0. The number of fused-ring (bicyclic) bond motifs is 4. The molecule has 0 radical (unpaired) electrons. The van der Waals surface area contributed by atoms with Gasteiger partial charge in [0.25, 0.3) is 11.5 Å². The van der Waals surface area contributed by atoms with Gasteiger partial charge in [0.2, 0.25) is 0 Å². The molecule has 164 valence electrons. The van der Waals surface area contributed by atoms with Gasteiger partial charge in [-0.3, -0.25) is 14.3 Å². The molecule has 4 rings (SSSR count). The van der Waals surface area contributed by atoms with Crippen molar-refractivity contribution in [1.82, 2.24) is 25.0 Å². The molecule has 1 amide bonds. The quantitative estimate of drug-likeness (QED) is 0.732. The van der Waals surface area contributed by atoms with Crippen LogP contribution in [0.15, 0.2) is 29.1 Å². The number of carbonyl (C=O) groups is 1. The molecule has 2 aliphatic heterocycles. The SMILES string of the molecule is CCn1nc(CC(C)C)cc1C(=O)NC[C@H]1[C@@H]2CNC[C@@H](C2)c2cccc(=O)n21.Cl. The number of aromatic nitrogens is 3. The Hall–Kier alpha value is -2.12. The van der Waals surface area contributed by atoms with E-state index in [0.29, 0.717) is 36.5 Å². The molecule has 7 nitrogen and oxygen atoms in total. The number of amides is 1. The largest absolute Gasteiger partial charge is 0.349 e. The Bertz CT molecular complexity index is 951. The fourth-order valence-electron chi connectivity index (χ4n) is 4.87. The van der Waals surface area contributed by atoms with E-state index < -0.39 is 0 Å². The zero-order chi connectivity index (χ0) is 20.5. The summed E-state index contributed by atoms with van der Waals surface area (Å²) in [5.41, 5.74) is 2.65. The van der Waals surface area contributed by atoms with Crippen LogP contribution in [0.5, 0.6) is 0 Å². The monoisotopic (exact) mass is 433 g/mol. The predicted molar refractivity (Wildman–Crippen MR) is 119 cm³/mol. The van der Waals surface area contributed by atoms with Crippen LogP contribution in [0, 0.1) is 11.8 Å². The van der Waals surface area contributed by atoms with Crippen molar-refractivity contribution < 1.29 is 4.79 Å². The number of hydrogen-bond acceptors (Lipinski definition) is 4. The third kappa shape index (κ3) is 4.32. The summed E-state index contributed by atoms with van der Waals surface area (Å²) in [6.07, 6.45) is 1.91. The van der Waals surface area contributed by atoms with Crippen LogP contribution in [0.2, 0.25) is 0 Å². The Morgan fingerprint density at radius 3 is 2.87 bits per heavy atom. The molecule has 2 aromatic rings. The Labute approximate surface area is 183 Å². The number of carbonyl (C=O) groups excluding carboxylic acids is 1. The first kappa shape index (κ1) is 22.6. The molecule has 0 aliphatic carbocycles. The first-order chi connectivity index (χ1) is 14.0. The average molecular weight is 434 g/mol. The molecule has 4 heterocycles. The maximum absolute atomic E-state index is 13.0. The number of nitrogens with one attached hydrogen (secondary N) is 2. The van der Waals surface area contributed by atoms with Gasteiger partial charge in [0, 0.05) is 43.9 Å². The molecule has 30 heavy (non-hydrogen) atoms. The zero-order valence-corrected chi connectivity index (χ0v) is 18.7. The van der Waals surface area contributed by atoms with Gasteiger partial charge in [0.05, 0.1) is 11.7 Å². The van der Waals surface area contributed by atoms with Gasteiger partial charge in [-0.2, -0.15) is 5.10 Å². The summed E-state index contributed by atoms with van der Waals surface area (Å²) in [7, 11) is 0. The molecule has 2 aliphatic rings. The van der Waals surface area contributed by atoms with E-state index in [2.05, 4.69) is 35.6 Å². The highest BCUT2D eigenvalue weighted by atomic mass is 35.5. The lowest BCUT2D eigenvalue weighted by Crippen LogP contribution is -2.50. The molecular formula is C22H32ClN5O2. The summed E-state index contributed by atoms with van der Waals surface area (Å²) in [6, 6.07) is 7.39. The lowest BCUT2D eigenvalue weighted by Gasteiger charge is -2.43. The van der Waals surface area contributed by atoms with E-state index >= 15 is 0 Å². The molecule has 0 aromatic carbocycles. The smallest absolute Gasteiger partial charge is 0.269 e. The van der Waals surface area contributed by atoms with Gasteiger partial charge in [-0.25, -0.2) is 0 Å². The molecule has 1 saturated heterocycles. The Morgan fingerprint density at radius 2 is 2.13 bits per heavy atom. The van der Waals surface area contributed by atoms with Gasteiger partial charge < -0.3 is 15.2 Å². The minimum atomic E-state index is -0.120. The van der Waals surface area contributed by atoms with Crippen molar-refractivity contribution in [3.63, 3.8) is 0 Å². The zero-order valence-electron chi connectivity index (χ0n) is 17.9. The number of aryl methyl sites for hydroxylation is 1. The summed E-state index contributed by atoms with van der Waals surface area (Å²) in [5.74, 6) is 1.08. The molecule has 2 aromatic heterocycles. The highest BCUT2D eigenvalue weighted by molar-refractivity contribution is 5.92. The summed E-state index contributed by atoms with van der Waals surface area (Å²) < 4.78 is 3.69. The van der Waals surface area contributed by atoms with Gasteiger partial charge in [-0.05, 0) is 43.7 Å². The van der Waals surface area contributed by atoms with Crippen molar-refractivity contribution in [3.8, 4) is 0 Å². The molecule has 0 spiro atoms. The van der Waals surface area contributed by atoms with Crippen LogP contribution in [0.1, 0.15) is 61.0 Å². The third-order valence-corrected chi connectivity index (χ3v) is 6.15. The molecule has 2 N–H and O–H groups in total. The second-order valence-corrected chi connectivity index (χ2v) is 8.72. The number of pyridine rings is 1. The lowest BCUT2D eigenvalue weighted by atomic mass is 9.79. The van der Waals surface area contributed by atoms with E-state index in [1.807, 2.05) is 23.6 Å². The first-order valence-corrected chi connectivity index (χ1v) is 10.7. The molecule has 3 atom stereocenters. The van der Waals surface area contributed by atoms with Crippen molar-refractivity contribution >= 4 is 18.3 Å². The van der Waals surface area contributed by atoms with Gasteiger partial charge in [-0.1, -0.05) is 19.9 Å². The van der Waals surface area contributed by atoms with E-state index in [0.717, 1.165) is 37.3 Å². The van der Waals surface area contributed by atoms with Crippen LogP contribution in [0.25, 0.3) is 0 Å². The van der Waals surface area contributed by atoms with Crippen LogP contribution in [0.3, 0.4) is 0 Å². The predicted octanol–water partition coefficient (Wildman–Crippen LogP) is 2.36. The molecule has 2 bridgehead atoms. The van der Waals surface area contributed by atoms with Gasteiger partial charge in [0.1, 0.15) is 5.69 Å². The second kappa shape index (κ2) is 9.35. The maximum Gasteiger partial charge on any atom is 0.269 e. The second-order valence-electron chi connectivity index (χ2n) is 8.72. The van der Waals surface area contributed by atoms with E-state index in [1.54, 1.807) is 10.7 Å². The summed E-state index contributed by atoms with van der Waals surface area (Å²) in [5, 5.41) is 11.2. The summed E-state index contributed by atoms with van der Waals surface area (Å²) in [4.78, 5) is 25.6. The number of hydrogen-bond donors (Lipinski definition) is 2. The van der Waals surface area contributed by atoms with Crippen LogP contribution >= 0.6 is 12.4 Å². The van der Waals surface area contributed by atoms with Gasteiger partial charge >= 0.3 is 0 Å². The number of rotatable bonds is 6. The van der Waals surface area contributed by atoms with Crippen LogP contribution in [-0.2, 0) is 13.0 Å². The normalized spacial score (nSPS) is 22.3. The number of halogens is 1. The summed E-state index contributed by atoms with van der Waals surface area (Å²) in [6.45, 7) is 9.18. The fraction of sp³-hybridized carbons (Fsp3) is 0.591. The first-order valence-electron chi connectivity index (χ1n) is 10.7. The molecule has 8 heteroatoms. The Kier molecular flexibility index (Phi) is 7.03. The molecular weight excluding hydrogens is 402 g/mol. The molecule has 1 fully saturated rings. The Morgan fingerprint density at radius 1 is 1.33 bits per heavy atom. The van der Waals surface area contributed by atoms with Crippen LogP contribution < -0.4 is 16.2 Å². The standard InChI is InChI=1S/C22H31N5O2.ClH/c1-4-26-19(10-17(25-26)8-14(2)3)22(29)24-13-20-16-9-15(11-23-12-16)18-6-5-7-21(28)27(18)20;/h5-7,10,14-16,20,23H,4,8-9,11-13H2,1-3H3,(H,24,29);1H/t15-,16+,20+;/m1./s1. The van der Waals surface area contributed by atoms with Gasteiger partial charge in [-0.15, -0.1) is 12.4 Å². The van der Waals surface area contributed by atoms with Crippen molar-refractivity contribution in [2.24, 2.45) is 11.8 Å². The Balaban J connectivity index is 0.00000256. The van der Waals surface area contributed by atoms with Crippen molar-refractivity contribution in [2.75, 3.05) is 19.6 Å². The molecule has 0 saturated carbocycles.